The number of ether oxygens (including phenoxy) is 1. The lowest BCUT2D eigenvalue weighted by Crippen LogP contribution is -2.20. The number of hydrogen-bond donors (Lipinski definition) is 1. The molecule has 2 aliphatic carbocycles. The van der Waals surface area contributed by atoms with Crippen LogP contribution in [-0.4, -0.2) is 19.0 Å². The predicted molar refractivity (Wildman–Crippen MR) is 84.7 cm³/mol. The number of carbonyl (C=O) groups is 2. The van der Waals surface area contributed by atoms with E-state index >= 15 is 0 Å². The summed E-state index contributed by atoms with van der Waals surface area (Å²) in [6.45, 7) is 1.92. The average molecular weight is 301 g/mol. The van der Waals surface area contributed by atoms with E-state index in [1.165, 1.54) is 32.8 Å². The molecule has 3 rings (SSSR count). The molecular formula is C18H23NO3. The van der Waals surface area contributed by atoms with Crippen molar-refractivity contribution >= 4 is 17.6 Å². The van der Waals surface area contributed by atoms with Gasteiger partial charge in [0.1, 0.15) is 0 Å². The van der Waals surface area contributed by atoms with Gasteiger partial charge >= 0.3 is 5.97 Å². The molecule has 1 aromatic rings. The van der Waals surface area contributed by atoms with Gasteiger partial charge in [0.15, 0.2) is 0 Å². The molecule has 4 nitrogen and oxygen atoms in total. The van der Waals surface area contributed by atoms with Crippen molar-refractivity contribution in [3.05, 3.63) is 29.3 Å². The summed E-state index contributed by atoms with van der Waals surface area (Å²) in [7, 11) is 1.36. The number of amides is 1. The van der Waals surface area contributed by atoms with Crippen molar-refractivity contribution in [3.63, 3.8) is 0 Å². The first-order valence-corrected chi connectivity index (χ1v) is 8.05. The van der Waals surface area contributed by atoms with Gasteiger partial charge in [-0.1, -0.05) is 12.5 Å². The number of carbonyl (C=O) groups excluding carboxylic acids is 2. The maximum absolute atomic E-state index is 12.3. The van der Waals surface area contributed by atoms with Gasteiger partial charge in [-0.2, -0.15) is 0 Å². The topological polar surface area (TPSA) is 55.4 Å². The maximum Gasteiger partial charge on any atom is 0.337 e. The van der Waals surface area contributed by atoms with Crippen LogP contribution in [-0.2, 0) is 9.53 Å². The third-order valence-electron chi connectivity index (χ3n) is 5.26. The zero-order valence-electron chi connectivity index (χ0n) is 13.2. The first-order valence-electron chi connectivity index (χ1n) is 8.05. The number of methoxy groups -OCH3 is 1. The van der Waals surface area contributed by atoms with E-state index in [9.17, 15) is 9.59 Å². The highest BCUT2D eigenvalue weighted by atomic mass is 16.5. The van der Waals surface area contributed by atoms with Gasteiger partial charge in [0.2, 0.25) is 5.91 Å². The number of nitrogens with one attached hydrogen (secondary N) is 1. The van der Waals surface area contributed by atoms with Crippen LogP contribution in [0, 0.1) is 24.7 Å². The second-order valence-electron chi connectivity index (χ2n) is 6.71. The number of esters is 1. The predicted octanol–water partition coefficient (Wildman–Crippen LogP) is 3.55. The summed E-state index contributed by atoms with van der Waals surface area (Å²) in [6.07, 6.45) is 5.76. The molecule has 2 fully saturated rings. The molecular weight excluding hydrogens is 278 g/mol. The lowest BCUT2D eigenvalue weighted by atomic mass is 9.86. The van der Waals surface area contributed by atoms with E-state index in [1.54, 1.807) is 12.1 Å². The summed E-state index contributed by atoms with van der Waals surface area (Å²) < 4.78 is 4.73. The summed E-state index contributed by atoms with van der Waals surface area (Å²) in [6, 6.07) is 5.24. The van der Waals surface area contributed by atoms with Crippen LogP contribution in [0.2, 0.25) is 0 Å². The summed E-state index contributed by atoms with van der Waals surface area (Å²) in [5.74, 6) is 1.82. The van der Waals surface area contributed by atoms with E-state index in [-0.39, 0.29) is 11.9 Å². The largest absolute Gasteiger partial charge is 0.465 e. The van der Waals surface area contributed by atoms with Crippen LogP contribution in [0.4, 0.5) is 5.69 Å². The Bertz CT molecular complexity index is 596. The van der Waals surface area contributed by atoms with Crippen LogP contribution in [0.1, 0.15) is 48.0 Å². The molecule has 4 heteroatoms. The fraction of sp³-hybridized carbons (Fsp3) is 0.556. The third kappa shape index (κ3) is 3.01. The molecule has 2 saturated carbocycles. The summed E-state index contributed by atoms with van der Waals surface area (Å²) in [5.41, 5.74) is 2.12. The molecule has 0 radical (unpaired) electrons. The molecule has 1 N–H and O–H groups in total. The molecule has 3 atom stereocenters. The summed E-state index contributed by atoms with van der Waals surface area (Å²) in [5, 5.41) is 2.97. The minimum atomic E-state index is -0.386. The van der Waals surface area contributed by atoms with Crippen LogP contribution in [0.3, 0.4) is 0 Å². The van der Waals surface area contributed by atoms with Gasteiger partial charge in [-0.05, 0) is 61.6 Å². The van der Waals surface area contributed by atoms with Crippen molar-refractivity contribution in [2.24, 2.45) is 17.8 Å². The van der Waals surface area contributed by atoms with Gasteiger partial charge < -0.3 is 10.1 Å². The second-order valence-corrected chi connectivity index (χ2v) is 6.71. The molecule has 2 aliphatic rings. The molecule has 0 heterocycles. The lowest BCUT2D eigenvalue weighted by Gasteiger charge is -2.21. The minimum absolute atomic E-state index is 0.0580. The third-order valence-corrected chi connectivity index (χ3v) is 5.26. The summed E-state index contributed by atoms with van der Waals surface area (Å²) in [4.78, 5) is 23.9. The number of rotatable bonds is 4. The van der Waals surface area contributed by atoms with E-state index in [1.807, 2.05) is 13.0 Å². The molecule has 0 aromatic heterocycles. The normalized spacial score (nSPS) is 26.0. The first kappa shape index (κ1) is 15.1. The van der Waals surface area contributed by atoms with Crippen molar-refractivity contribution in [3.8, 4) is 0 Å². The zero-order chi connectivity index (χ0) is 15.7. The second kappa shape index (κ2) is 6.11. The quantitative estimate of drug-likeness (QED) is 0.865. The van der Waals surface area contributed by atoms with Gasteiger partial charge in [-0.3, -0.25) is 4.79 Å². The molecule has 22 heavy (non-hydrogen) atoms. The molecule has 3 unspecified atom stereocenters. The highest BCUT2D eigenvalue weighted by Crippen LogP contribution is 2.49. The molecule has 118 valence electrons. The van der Waals surface area contributed by atoms with Crippen molar-refractivity contribution in [1.29, 1.82) is 0 Å². The number of fused-ring (bicyclic) bond motifs is 2. The fourth-order valence-electron chi connectivity index (χ4n) is 4.07. The van der Waals surface area contributed by atoms with Crippen molar-refractivity contribution in [2.45, 2.75) is 39.0 Å². The molecule has 0 aliphatic heterocycles. The Balaban J connectivity index is 1.64. The van der Waals surface area contributed by atoms with Crippen LogP contribution >= 0.6 is 0 Å². The Kier molecular flexibility index (Phi) is 4.19. The Hall–Kier alpha value is -1.84. The van der Waals surface area contributed by atoms with Crippen LogP contribution in [0.5, 0.6) is 0 Å². The molecule has 0 spiro atoms. The Morgan fingerprint density at radius 1 is 1.27 bits per heavy atom. The van der Waals surface area contributed by atoms with Gasteiger partial charge in [0.05, 0.1) is 12.7 Å². The zero-order valence-corrected chi connectivity index (χ0v) is 13.2. The van der Waals surface area contributed by atoms with Crippen LogP contribution in [0.15, 0.2) is 18.2 Å². The maximum atomic E-state index is 12.3. The van der Waals surface area contributed by atoms with E-state index < -0.39 is 0 Å². The van der Waals surface area contributed by atoms with Gasteiger partial charge in [-0.15, -0.1) is 0 Å². The number of aryl methyl sites for hydroxylation is 1. The first-order chi connectivity index (χ1) is 10.6. The Morgan fingerprint density at radius 3 is 2.73 bits per heavy atom. The molecule has 0 saturated heterocycles. The van der Waals surface area contributed by atoms with E-state index in [0.717, 1.165) is 17.4 Å². The van der Waals surface area contributed by atoms with E-state index in [2.05, 4.69) is 5.32 Å². The van der Waals surface area contributed by atoms with Crippen molar-refractivity contribution in [2.75, 3.05) is 12.4 Å². The summed E-state index contributed by atoms with van der Waals surface area (Å²) >= 11 is 0. The van der Waals surface area contributed by atoms with E-state index in [0.29, 0.717) is 23.6 Å². The minimum Gasteiger partial charge on any atom is -0.465 e. The highest BCUT2D eigenvalue weighted by Gasteiger charge is 2.40. The SMILES string of the molecule is COC(=O)c1ccc(C)c(NC(=O)CC2CC3CCC2C3)c1. The number of hydrogen-bond acceptors (Lipinski definition) is 3. The fourth-order valence-corrected chi connectivity index (χ4v) is 4.07. The van der Waals surface area contributed by atoms with Crippen molar-refractivity contribution < 1.29 is 14.3 Å². The standard InChI is InChI=1S/C18H23NO3/c1-11-3-5-14(18(21)22-2)9-16(11)19-17(20)10-15-8-12-4-6-13(15)7-12/h3,5,9,12-13,15H,4,6-8,10H2,1-2H3,(H,19,20). The van der Waals surface area contributed by atoms with Crippen LogP contribution in [0.25, 0.3) is 0 Å². The van der Waals surface area contributed by atoms with Gasteiger partial charge in [0, 0.05) is 12.1 Å². The molecule has 1 amide bonds. The van der Waals surface area contributed by atoms with Gasteiger partial charge in [0.25, 0.3) is 0 Å². The highest BCUT2D eigenvalue weighted by molar-refractivity contribution is 5.95. The molecule has 2 bridgehead atoms. The number of benzene rings is 1. The van der Waals surface area contributed by atoms with Crippen LogP contribution < -0.4 is 5.32 Å². The van der Waals surface area contributed by atoms with Gasteiger partial charge in [-0.25, -0.2) is 4.79 Å². The Labute approximate surface area is 131 Å². The molecule has 1 aromatic carbocycles. The number of anilines is 1. The van der Waals surface area contributed by atoms with E-state index in [4.69, 9.17) is 4.74 Å². The smallest absolute Gasteiger partial charge is 0.337 e. The van der Waals surface area contributed by atoms with Crippen molar-refractivity contribution in [1.82, 2.24) is 0 Å². The Morgan fingerprint density at radius 2 is 2.09 bits per heavy atom. The monoisotopic (exact) mass is 301 g/mol. The average Bonchev–Trinajstić information content (AvgIpc) is 3.11. The lowest BCUT2D eigenvalue weighted by molar-refractivity contribution is -0.117.